The standard InChI is InChI=1S/C11H15ClO.C2H6/c1-3-4-7-13-11-8-9(2)5-6-10(11)12;1-2/h5-6,8H,3-4,7H2,1-2H3;1-2H3. The van der Waals surface area contributed by atoms with Gasteiger partial charge in [-0.1, -0.05) is 44.9 Å². The maximum Gasteiger partial charge on any atom is 0.138 e. The molecule has 0 radical (unpaired) electrons. The first-order valence-electron chi connectivity index (χ1n) is 5.63. The third kappa shape index (κ3) is 5.68. The molecule has 0 bridgehead atoms. The van der Waals surface area contributed by atoms with Gasteiger partial charge < -0.3 is 4.74 Å². The zero-order valence-corrected chi connectivity index (χ0v) is 10.9. The molecule has 1 rings (SSSR count). The van der Waals surface area contributed by atoms with E-state index in [4.69, 9.17) is 16.3 Å². The van der Waals surface area contributed by atoms with Crippen molar-refractivity contribution in [2.45, 2.75) is 40.5 Å². The summed E-state index contributed by atoms with van der Waals surface area (Å²) in [7, 11) is 0. The number of hydrogen-bond donors (Lipinski definition) is 0. The van der Waals surface area contributed by atoms with Gasteiger partial charge in [0, 0.05) is 0 Å². The second kappa shape index (κ2) is 8.60. The highest BCUT2D eigenvalue weighted by Gasteiger charge is 2.00. The number of benzene rings is 1. The van der Waals surface area contributed by atoms with E-state index >= 15 is 0 Å². The number of unbranched alkanes of at least 4 members (excludes halogenated alkanes) is 1. The number of aryl methyl sites for hydroxylation is 1. The third-order valence-corrected chi connectivity index (χ3v) is 2.15. The van der Waals surface area contributed by atoms with Crippen LogP contribution in [-0.4, -0.2) is 6.61 Å². The van der Waals surface area contributed by atoms with E-state index in [9.17, 15) is 0 Å². The fourth-order valence-electron chi connectivity index (χ4n) is 1.05. The summed E-state index contributed by atoms with van der Waals surface area (Å²) in [6.07, 6.45) is 2.22. The summed E-state index contributed by atoms with van der Waals surface area (Å²) in [5, 5.41) is 0.696. The molecule has 0 unspecified atom stereocenters. The van der Waals surface area contributed by atoms with Crippen molar-refractivity contribution >= 4 is 11.6 Å². The minimum absolute atomic E-state index is 0.696. The van der Waals surface area contributed by atoms with Crippen molar-refractivity contribution in [3.8, 4) is 5.75 Å². The van der Waals surface area contributed by atoms with Crippen LogP contribution in [0.1, 0.15) is 39.2 Å². The van der Waals surface area contributed by atoms with Gasteiger partial charge in [-0.2, -0.15) is 0 Å². The smallest absolute Gasteiger partial charge is 0.138 e. The van der Waals surface area contributed by atoms with Crippen molar-refractivity contribution < 1.29 is 4.74 Å². The molecule has 0 spiro atoms. The molecule has 0 aliphatic carbocycles. The quantitative estimate of drug-likeness (QED) is 0.670. The van der Waals surface area contributed by atoms with Crippen molar-refractivity contribution in [2.24, 2.45) is 0 Å². The van der Waals surface area contributed by atoms with Gasteiger partial charge >= 0.3 is 0 Å². The number of ether oxygens (including phenoxy) is 1. The van der Waals surface area contributed by atoms with Gasteiger partial charge in [-0.3, -0.25) is 0 Å². The lowest BCUT2D eigenvalue weighted by Gasteiger charge is -2.07. The highest BCUT2D eigenvalue weighted by atomic mass is 35.5. The lowest BCUT2D eigenvalue weighted by molar-refractivity contribution is 0.309. The maximum atomic E-state index is 5.95. The first-order chi connectivity index (χ1) is 7.24. The van der Waals surface area contributed by atoms with Gasteiger partial charge in [-0.25, -0.2) is 0 Å². The monoisotopic (exact) mass is 228 g/mol. The molecule has 0 atom stereocenters. The molecule has 1 aromatic carbocycles. The molecule has 0 N–H and O–H groups in total. The minimum atomic E-state index is 0.696. The Morgan fingerprint density at radius 1 is 1.27 bits per heavy atom. The Labute approximate surface area is 98.4 Å². The third-order valence-electron chi connectivity index (χ3n) is 1.84. The fourth-order valence-corrected chi connectivity index (χ4v) is 1.22. The van der Waals surface area contributed by atoms with E-state index in [1.54, 1.807) is 0 Å². The van der Waals surface area contributed by atoms with Gasteiger partial charge in [-0.15, -0.1) is 0 Å². The van der Waals surface area contributed by atoms with E-state index in [0.717, 1.165) is 25.2 Å². The molecule has 0 fully saturated rings. The Morgan fingerprint density at radius 2 is 1.93 bits per heavy atom. The number of halogens is 1. The number of hydrogen-bond acceptors (Lipinski definition) is 1. The van der Waals surface area contributed by atoms with Crippen LogP contribution in [0.5, 0.6) is 5.75 Å². The summed E-state index contributed by atoms with van der Waals surface area (Å²) in [5.41, 5.74) is 1.18. The summed E-state index contributed by atoms with van der Waals surface area (Å²) in [4.78, 5) is 0. The van der Waals surface area contributed by atoms with Crippen molar-refractivity contribution in [1.29, 1.82) is 0 Å². The average molecular weight is 229 g/mol. The Balaban J connectivity index is 0.000000921. The van der Waals surface area contributed by atoms with Crippen LogP contribution >= 0.6 is 11.6 Å². The molecule has 0 aliphatic rings. The molecule has 0 aliphatic heterocycles. The predicted octanol–water partition coefficient (Wildman–Crippen LogP) is 4.85. The Kier molecular flexibility index (Phi) is 8.21. The van der Waals surface area contributed by atoms with Crippen molar-refractivity contribution in [3.63, 3.8) is 0 Å². The van der Waals surface area contributed by atoms with E-state index in [0.29, 0.717) is 5.02 Å². The fraction of sp³-hybridized carbons (Fsp3) is 0.538. The van der Waals surface area contributed by atoms with Crippen molar-refractivity contribution in [3.05, 3.63) is 28.8 Å². The molecule has 0 heterocycles. The molecule has 0 amide bonds. The SMILES string of the molecule is CC.CCCCOc1cc(C)ccc1Cl. The zero-order chi connectivity index (χ0) is 11.7. The molecule has 1 nitrogen and oxygen atoms in total. The second-order valence-corrected chi connectivity index (χ2v) is 3.54. The van der Waals surface area contributed by atoms with Crippen LogP contribution in [0, 0.1) is 6.92 Å². The Morgan fingerprint density at radius 3 is 2.53 bits per heavy atom. The van der Waals surface area contributed by atoms with E-state index in [1.165, 1.54) is 5.56 Å². The van der Waals surface area contributed by atoms with Crippen LogP contribution in [0.4, 0.5) is 0 Å². The van der Waals surface area contributed by atoms with Crippen LogP contribution in [0.3, 0.4) is 0 Å². The summed E-state index contributed by atoms with van der Waals surface area (Å²) < 4.78 is 5.53. The second-order valence-electron chi connectivity index (χ2n) is 3.14. The Bertz CT molecular complexity index is 271. The zero-order valence-electron chi connectivity index (χ0n) is 10.1. The summed E-state index contributed by atoms with van der Waals surface area (Å²) in [6, 6.07) is 5.82. The highest BCUT2D eigenvalue weighted by molar-refractivity contribution is 6.32. The van der Waals surface area contributed by atoms with Crippen LogP contribution in [0.25, 0.3) is 0 Å². The largest absolute Gasteiger partial charge is 0.492 e. The van der Waals surface area contributed by atoms with Gasteiger partial charge in [0.2, 0.25) is 0 Å². The van der Waals surface area contributed by atoms with Crippen LogP contribution in [0.2, 0.25) is 5.02 Å². The minimum Gasteiger partial charge on any atom is -0.492 e. The number of rotatable bonds is 4. The topological polar surface area (TPSA) is 9.23 Å². The molecule has 0 saturated carbocycles. The van der Waals surface area contributed by atoms with Gasteiger partial charge in [0.15, 0.2) is 0 Å². The molecule has 2 heteroatoms. The molecule has 15 heavy (non-hydrogen) atoms. The first-order valence-corrected chi connectivity index (χ1v) is 6.00. The van der Waals surface area contributed by atoms with E-state index < -0.39 is 0 Å². The molecule has 0 saturated heterocycles. The van der Waals surface area contributed by atoms with Crippen LogP contribution < -0.4 is 4.74 Å². The van der Waals surface area contributed by atoms with Gasteiger partial charge in [0.05, 0.1) is 11.6 Å². The van der Waals surface area contributed by atoms with Gasteiger partial charge in [0.1, 0.15) is 5.75 Å². The van der Waals surface area contributed by atoms with Crippen molar-refractivity contribution in [1.82, 2.24) is 0 Å². The highest BCUT2D eigenvalue weighted by Crippen LogP contribution is 2.25. The summed E-state index contributed by atoms with van der Waals surface area (Å²) in [6.45, 7) is 8.92. The molecule has 86 valence electrons. The van der Waals surface area contributed by atoms with Crippen LogP contribution in [0.15, 0.2) is 18.2 Å². The molecule has 1 aromatic rings. The lowest BCUT2D eigenvalue weighted by Crippen LogP contribution is -1.97. The average Bonchev–Trinajstić information content (AvgIpc) is 2.26. The van der Waals surface area contributed by atoms with Crippen molar-refractivity contribution in [2.75, 3.05) is 6.61 Å². The molecular weight excluding hydrogens is 208 g/mol. The normalized spacial score (nSPS) is 9.13. The van der Waals surface area contributed by atoms with E-state index in [2.05, 4.69) is 6.92 Å². The molecular formula is C13H21ClO. The van der Waals surface area contributed by atoms with Gasteiger partial charge in [0.25, 0.3) is 0 Å². The maximum absolute atomic E-state index is 5.95. The summed E-state index contributed by atoms with van der Waals surface area (Å²) >= 11 is 5.95. The van der Waals surface area contributed by atoms with E-state index in [-0.39, 0.29) is 0 Å². The predicted molar refractivity (Wildman–Crippen MR) is 67.9 cm³/mol. The van der Waals surface area contributed by atoms with Gasteiger partial charge in [-0.05, 0) is 31.0 Å². The Hall–Kier alpha value is -0.690. The summed E-state index contributed by atoms with van der Waals surface area (Å²) in [5.74, 6) is 0.801. The van der Waals surface area contributed by atoms with Crippen LogP contribution in [-0.2, 0) is 0 Å². The first kappa shape index (κ1) is 14.3. The molecule has 0 aromatic heterocycles. The van der Waals surface area contributed by atoms with E-state index in [1.807, 2.05) is 39.0 Å². The lowest BCUT2D eigenvalue weighted by atomic mass is 10.2.